The second kappa shape index (κ2) is 6.36. The summed E-state index contributed by atoms with van der Waals surface area (Å²) in [6.07, 6.45) is 7.43. The highest BCUT2D eigenvalue weighted by Crippen LogP contribution is 2.44. The molecule has 0 unspecified atom stereocenters. The summed E-state index contributed by atoms with van der Waals surface area (Å²) >= 11 is 0. The average Bonchev–Trinajstić information content (AvgIpc) is 2.86. The maximum Gasteiger partial charge on any atom is 0.139 e. The fourth-order valence-electron chi connectivity index (χ4n) is 3.60. The molecule has 0 radical (unpaired) electrons. The van der Waals surface area contributed by atoms with Crippen LogP contribution in [0, 0.1) is 11.3 Å². The summed E-state index contributed by atoms with van der Waals surface area (Å²) in [5.74, 6) is 1.14. The first kappa shape index (κ1) is 14.3. The molecule has 104 valence electrons. The van der Waals surface area contributed by atoms with E-state index in [1.54, 1.807) is 0 Å². The van der Waals surface area contributed by atoms with E-state index in [0.717, 1.165) is 32.1 Å². The van der Waals surface area contributed by atoms with Gasteiger partial charge in [-0.05, 0) is 37.2 Å². The molecule has 0 heterocycles. The van der Waals surface area contributed by atoms with E-state index < -0.39 is 0 Å². The highest BCUT2D eigenvalue weighted by atomic mass is 16.1. The quantitative estimate of drug-likeness (QED) is 0.716. The summed E-state index contributed by atoms with van der Waals surface area (Å²) in [7, 11) is 0. The first-order valence-electron chi connectivity index (χ1n) is 7.70. The van der Waals surface area contributed by atoms with Crippen LogP contribution in [0.5, 0.6) is 0 Å². The molecule has 0 saturated heterocycles. The van der Waals surface area contributed by atoms with Crippen LogP contribution >= 0.6 is 0 Å². The molecule has 0 N–H and O–H groups in total. The second-order valence-corrected chi connectivity index (χ2v) is 6.49. The SMILES string of the molecule is CC(C)CC1(C(=O)CCc2ccccc2)CCCC1. The highest BCUT2D eigenvalue weighted by Gasteiger charge is 2.40. The number of carbonyl (C=O) groups excluding carboxylic acids is 1. The van der Waals surface area contributed by atoms with Crippen LogP contribution < -0.4 is 0 Å². The van der Waals surface area contributed by atoms with Crippen LogP contribution in [-0.4, -0.2) is 5.78 Å². The van der Waals surface area contributed by atoms with Crippen LogP contribution in [0.2, 0.25) is 0 Å². The van der Waals surface area contributed by atoms with E-state index >= 15 is 0 Å². The number of Topliss-reactive ketones (excluding diaryl/α,β-unsaturated/α-hetero) is 1. The van der Waals surface area contributed by atoms with E-state index in [1.807, 2.05) is 6.07 Å². The second-order valence-electron chi connectivity index (χ2n) is 6.49. The Balaban J connectivity index is 1.96. The smallest absolute Gasteiger partial charge is 0.139 e. The maximum atomic E-state index is 12.7. The minimum Gasteiger partial charge on any atom is -0.299 e. The van der Waals surface area contributed by atoms with Crippen molar-refractivity contribution in [3.8, 4) is 0 Å². The van der Waals surface area contributed by atoms with Gasteiger partial charge in [0, 0.05) is 11.8 Å². The largest absolute Gasteiger partial charge is 0.299 e. The molecule has 1 saturated carbocycles. The van der Waals surface area contributed by atoms with Crippen LogP contribution in [0.4, 0.5) is 0 Å². The Morgan fingerprint density at radius 1 is 1.16 bits per heavy atom. The number of aryl methyl sites for hydroxylation is 1. The third-order valence-electron chi connectivity index (χ3n) is 4.43. The lowest BCUT2D eigenvalue weighted by Crippen LogP contribution is -2.30. The van der Waals surface area contributed by atoms with Crippen molar-refractivity contribution in [3.05, 3.63) is 35.9 Å². The Kier molecular flexibility index (Phi) is 4.79. The zero-order chi connectivity index (χ0) is 13.7. The molecule has 1 nitrogen and oxygen atoms in total. The van der Waals surface area contributed by atoms with Gasteiger partial charge < -0.3 is 0 Å². The molecule has 0 bridgehead atoms. The first-order chi connectivity index (χ1) is 9.12. The zero-order valence-electron chi connectivity index (χ0n) is 12.3. The summed E-state index contributed by atoms with van der Waals surface area (Å²) in [5.41, 5.74) is 1.30. The Labute approximate surface area is 117 Å². The Morgan fingerprint density at radius 3 is 2.37 bits per heavy atom. The van der Waals surface area contributed by atoms with Gasteiger partial charge in [-0.2, -0.15) is 0 Å². The molecule has 19 heavy (non-hydrogen) atoms. The molecule has 1 heteroatoms. The molecule has 0 spiro atoms. The third kappa shape index (κ3) is 3.68. The molecule has 1 aromatic rings. The fraction of sp³-hybridized carbons (Fsp3) is 0.611. The summed E-state index contributed by atoms with van der Waals surface area (Å²) in [6, 6.07) is 10.4. The Hall–Kier alpha value is -1.11. The van der Waals surface area contributed by atoms with Crippen LogP contribution in [0.15, 0.2) is 30.3 Å². The lowest BCUT2D eigenvalue weighted by atomic mass is 9.73. The molecule has 0 aliphatic heterocycles. The van der Waals surface area contributed by atoms with Gasteiger partial charge >= 0.3 is 0 Å². The van der Waals surface area contributed by atoms with Crippen molar-refractivity contribution >= 4 is 5.78 Å². The van der Waals surface area contributed by atoms with Gasteiger partial charge in [-0.3, -0.25) is 4.79 Å². The number of benzene rings is 1. The normalized spacial score (nSPS) is 17.8. The predicted molar refractivity (Wildman–Crippen MR) is 80.1 cm³/mol. The fourth-order valence-corrected chi connectivity index (χ4v) is 3.60. The predicted octanol–water partition coefficient (Wildman–Crippen LogP) is 4.79. The van der Waals surface area contributed by atoms with Gasteiger partial charge in [0.1, 0.15) is 5.78 Å². The molecular formula is C18H26O. The lowest BCUT2D eigenvalue weighted by Gasteiger charge is -2.29. The van der Waals surface area contributed by atoms with E-state index in [1.165, 1.54) is 18.4 Å². The molecule has 2 rings (SSSR count). The minimum atomic E-state index is 0.0168. The first-order valence-corrected chi connectivity index (χ1v) is 7.70. The van der Waals surface area contributed by atoms with Crippen molar-refractivity contribution in [3.63, 3.8) is 0 Å². The summed E-state index contributed by atoms with van der Waals surface area (Å²) < 4.78 is 0. The molecule has 1 aliphatic rings. The maximum absolute atomic E-state index is 12.7. The minimum absolute atomic E-state index is 0.0168. The third-order valence-corrected chi connectivity index (χ3v) is 4.43. The van der Waals surface area contributed by atoms with Crippen molar-refractivity contribution in [2.75, 3.05) is 0 Å². The summed E-state index contributed by atoms with van der Waals surface area (Å²) in [5, 5.41) is 0. The van der Waals surface area contributed by atoms with E-state index in [2.05, 4.69) is 38.1 Å². The van der Waals surface area contributed by atoms with Gasteiger partial charge in [0.25, 0.3) is 0 Å². The van der Waals surface area contributed by atoms with Crippen molar-refractivity contribution in [1.29, 1.82) is 0 Å². The van der Waals surface area contributed by atoms with E-state index in [9.17, 15) is 4.79 Å². The van der Waals surface area contributed by atoms with Crippen molar-refractivity contribution in [2.45, 2.75) is 58.8 Å². The van der Waals surface area contributed by atoms with Crippen LogP contribution in [0.1, 0.15) is 57.9 Å². The van der Waals surface area contributed by atoms with Gasteiger partial charge in [0.15, 0.2) is 0 Å². The van der Waals surface area contributed by atoms with Gasteiger partial charge in [-0.25, -0.2) is 0 Å². The summed E-state index contributed by atoms with van der Waals surface area (Å²) in [4.78, 5) is 12.7. The lowest BCUT2D eigenvalue weighted by molar-refractivity contribution is -0.129. The van der Waals surface area contributed by atoms with E-state index in [0.29, 0.717) is 11.7 Å². The number of ketones is 1. The van der Waals surface area contributed by atoms with Crippen molar-refractivity contribution in [2.24, 2.45) is 11.3 Å². The monoisotopic (exact) mass is 258 g/mol. The molecule has 0 atom stereocenters. The molecular weight excluding hydrogens is 232 g/mol. The number of hydrogen-bond acceptors (Lipinski definition) is 1. The zero-order valence-corrected chi connectivity index (χ0v) is 12.3. The molecule has 1 aromatic carbocycles. The number of rotatable bonds is 6. The van der Waals surface area contributed by atoms with Crippen molar-refractivity contribution in [1.82, 2.24) is 0 Å². The summed E-state index contributed by atoms with van der Waals surface area (Å²) in [6.45, 7) is 4.48. The van der Waals surface area contributed by atoms with Crippen LogP contribution in [-0.2, 0) is 11.2 Å². The number of carbonyl (C=O) groups is 1. The standard InChI is InChI=1S/C18H26O/c1-15(2)14-18(12-6-7-13-18)17(19)11-10-16-8-4-3-5-9-16/h3-5,8-9,15H,6-7,10-14H2,1-2H3. The molecule has 1 aliphatic carbocycles. The molecule has 1 fully saturated rings. The molecule has 0 aromatic heterocycles. The van der Waals surface area contributed by atoms with Crippen LogP contribution in [0.25, 0.3) is 0 Å². The average molecular weight is 258 g/mol. The van der Waals surface area contributed by atoms with Gasteiger partial charge in [0.05, 0.1) is 0 Å². The Bertz CT molecular complexity index is 399. The van der Waals surface area contributed by atoms with Gasteiger partial charge in [0.2, 0.25) is 0 Å². The van der Waals surface area contributed by atoms with Gasteiger partial charge in [-0.1, -0.05) is 57.0 Å². The van der Waals surface area contributed by atoms with E-state index in [-0.39, 0.29) is 5.41 Å². The molecule has 0 amide bonds. The van der Waals surface area contributed by atoms with Crippen LogP contribution in [0.3, 0.4) is 0 Å². The number of hydrogen-bond donors (Lipinski definition) is 0. The topological polar surface area (TPSA) is 17.1 Å². The van der Waals surface area contributed by atoms with Gasteiger partial charge in [-0.15, -0.1) is 0 Å². The Morgan fingerprint density at radius 2 is 1.79 bits per heavy atom. The highest BCUT2D eigenvalue weighted by molar-refractivity contribution is 5.85. The van der Waals surface area contributed by atoms with Crippen molar-refractivity contribution < 1.29 is 4.79 Å². The van der Waals surface area contributed by atoms with E-state index in [4.69, 9.17) is 0 Å².